The molecule has 2 aromatic carbocycles. The van der Waals surface area contributed by atoms with Crippen LogP contribution in [-0.2, 0) is 17.9 Å². The second-order valence-electron chi connectivity index (χ2n) is 7.34. The fourth-order valence-corrected chi connectivity index (χ4v) is 3.79. The molecule has 0 radical (unpaired) electrons. The lowest BCUT2D eigenvalue weighted by molar-refractivity contribution is -0.123. The van der Waals surface area contributed by atoms with Crippen molar-refractivity contribution in [2.24, 2.45) is 0 Å². The number of imidazole rings is 1. The first-order valence-corrected chi connectivity index (χ1v) is 9.70. The molecule has 4 rings (SSSR count). The zero-order valence-electron chi connectivity index (χ0n) is 15.8. The van der Waals surface area contributed by atoms with Crippen molar-refractivity contribution in [3.63, 3.8) is 0 Å². The summed E-state index contributed by atoms with van der Waals surface area (Å²) in [6, 6.07) is 16.1. The number of benzene rings is 2. The van der Waals surface area contributed by atoms with Crippen LogP contribution >= 0.6 is 0 Å². The fourth-order valence-electron chi connectivity index (χ4n) is 3.79. The molecule has 0 unspecified atom stereocenters. The summed E-state index contributed by atoms with van der Waals surface area (Å²) in [5, 5.41) is 3.07. The van der Waals surface area contributed by atoms with Crippen molar-refractivity contribution in [3.8, 4) is 0 Å². The Morgan fingerprint density at radius 3 is 2.74 bits per heavy atom. The predicted octanol–water partition coefficient (Wildman–Crippen LogP) is 3.51. The molecule has 2 heterocycles. The van der Waals surface area contributed by atoms with Crippen molar-refractivity contribution >= 4 is 16.9 Å². The maximum absolute atomic E-state index is 12.7. The van der Waals surface area contributed by atoms with Crippen LogP contribution in [0.3, 0.4) is 0 Å². The van der Waals surface area contributed by atoms with E-state index in [1.54, 1.807) is 6.33 Å². The number of hydrogen-bond donors (Lipinski definition) is 1. The van der Waals surface area contributed by atoms with E-state index in [-0.39, 0.29) is 11.9 Å². The van der Waals surface area contributed by atoms with Gasteiger partial charge < -0.3 is 9.88 Å². The number of aromatic nitrogens is 2. The minimum absolute atomic E-state index is 0.00287. The average molecular weight is 362 g/mol. The van der Waals surface area contributed by atoms with Crippen molar-refractivity contribution in [3.05, 3.63) is 66.0 Å². The van der Waals surface area contributed by atoms with E-state index in [1.807, 2.05) is 35.8 Å². The minimum atomic E-state index is -0.301. The number of likely N-dealkylation sites (tertiary alicyclic amines) is 1. The molecule has 1 aliphatic heterocycles. The Labute approximate surface area is 160 Å². The van der Waals surface area contributed by atoms with Crippen molar-refractivity contribution in [1.29, 1.82) is 0 Å². The van der Waals surface area contributed by atoms with Gasteiger partial charge in [0, 0.05) is 13.1 Å². The van der Waals surface area contributed by atoms with Crippen LogP contribution in [0.5, 0.6) is 0 Å². The van der Waals surface area contributed by atoms with E-state index in [4.69, 9.17) is 0 Å². The molecule has 140 valence electrons. The Morgan fingerprint density at radius 2 is 1.89 bits per heavy atom. The molecule has 1 aromatic heterocycles. The van der Waals surface area contributed by atoms with Gasteiger partial charge in [0.1, 0.15) is 6.04 Å². The van der Waals surface area contributed by atoms with Gasteiger partial charge in [-0.25, -0.2) is 4.98 Å². The van der Waals surface area contributed by atoms with Gasteiger partial charge in [-0.1, -0.05) is 36.4 Å². The summed E-state index contributed by atoms with van der Waals surface area (Å²) < 4.78 is 1.93. The number of carbonyl (C=O) groups excluding carboxylic acids is 1. The zero-order chi connectivity index (χ0) is 18.6. The van der Waals surface area contributed by atoms with E-state index < -0.39 is 0 Å². The first-order chi connectivity index (χ1) is 13.2. The largest absolute Gasteiger partial charge is 0.350 e. The number of para-hydroxylation sites is 2. The van der Waals surface area contributed by atoms with E-state index in [1.165, 1.54) is 31.5 Å². The van der Waals surface area contributed by atoms with Crippen LogP contribution in [0.4, 0.5) is 0 Å². The highest BCUT2D eigenvalue weighted by Crippen LogP contribution is 2.18. The number of nitrogens with one attached hydrogen (secondary N) is 1. The summed E-state index contributed by atoms with van der Waals surface area (Å²) in [5.41, 5.74) is 4.35. The van der Waals surface area contributed by atoms with Gasteiger partial charge in [-0.2, -0.15) is 0 Å². The monoisotopic (exact) mass is 362 g/mol. The van der Waals surface area contributed by atoms with Gasteiger partial charge in [0.05, 0.1) is 17.4 Å². The molecule has 5 heteroatoms. The van der Waals surface area contributed by atoms with Gasteiger partial charge in [-0.3, -0.25) is 9.69 Å². The highest BCUT2D eigenvalue weighted by molar-refractivity contribution is 5.83. The summed E-state index contributed by atoms with van der Waals surface area (Å²) in [7, 11) is 0. The van der Waals surface area contributed by atoms with Crippen LogP contribution < -0.4 is 5.32 Å². The molecule has 1 N–H and O–H groups in total. The van der Waals surface area contributed by atoms with Gasteiger partial charge in [0.25, 0.3) is 0 Å². The standard InChI is InChI=1S/C22H26N4O/c1-17(26-16-24-20-9-2-3-10-21(20)26)22(27)23-14-18-7-6-8-19(13-18)15-25-11-4-5-12-25/h2-3,6-10,13,16-17H,4-5,11-12,14-15H2,1H3,(H,23,27)/t17-/m1/s1. The van der Waals surface area contributed by atoms with Gasteiger partial charge >= 0.3 is 0 Å². The Kier molecular flexibility index (Phi) is 5.21. The molecule has 27 heavy (non-hydrogen) atoms. The Balaban J connectivity index is 1.38. The molecule has 1 aliphatic rings. The SMILES string of the molecule is C[C@H](C(=O)NCc1cccc(CN2CCCC2)c1)n1cnc2ccccc21. The highest BCUT2D eigenvalue weighted by Gasteiger charge is 2.17. The number of nitrogens with zero attached hydrogens (tertiary/aromatic N) is 3. The minimum Gasteiger partial charge on any atom is -0.350 e. The topological polar surface area (TPSA) is 50.2 Å². The lowest BCUT2D eigenvalue weighted by Crippen LogP contribution is -2.30. The normalized spacial score (nSPS) is 15.9. The molecule has 1 fully saturated rings. The summed E-state index contributed by atoms with van der Waals surface area (Å²) in [5.74, 6) is 0.00287. The second-order valence-corrected chi connectivity index (χ2v) is 7.34. The molecular formula is C22H26N4O. The quantitative estimate of drug-likeness (QED) is 0.730. The summed E-state index contributed by atoms with van der Waals surface area (Å²) >= 11 is 0. The fraction of sp³-hybridized carbons (Fsp3) is 0.364. The maximum Gasteiger partial charge on any atom is 0.243 e. The number of hydrogen-bond acceptors (Lipinski definition) is 3. The Morgan fingerprint density at radius 1 is 1.11 bits per heavy atom. The predicted molar refractivity (Wildman–Crippen MR) is 107 cm³/mol. The van der Waals surface area contributed by atoms with Crippen LogP contribution in [0.25, 0.3) is 11.0 Å². The Hall–Kier alpha value is -2.66. The molecule has 5 nitrogen and oxygen atoms in total. The summed E-state index contributed by atoms with van der Waals surface area (Å²) in [6.07, 6.45) is 4.35. The molecular weight excluding hydrogens is 336 g/mol. The number of carbonyl (C=O) groups is 1. The molecule has 0 bridgehead atoms. The number of amides is 1. The van der Waals surface area contributed by atoms with Crippen LogP contribution in [0.1, 0.15) is 36.9 Å². The van der Waals surface area contributed by atoms with Gasteiger partial charge in [0.2, 0.25) is 5.91 Å². The number of rotatable bonds is 6. The van der Waals surface area contributed by atoms with E-state index in [0.29, 0.717) is 6.54 Å². The van der Waals surface area contributed by atoms with Crippen molar-refractivity contribution < 1.29 is 4.79 Å². The molecule has 1 atom stereocenters. The van der Waals surface area contributed by atoms with Crippen LogP contribution in [0.2, 0.25) is 0 Å². The summed E-state index contributed by atoms with van der Waals surface area (Å²) in [6.45, 7) is 5.84. The van der Waals surface area contributed by atoms with E-state index >= 15 is 0 Å². The van der Waals surface area contributed by atoms with Crippen molar-refractivity contribution in [2.75, 3.05) is 13.1 Å². The van der Waals surface area contributed by atoms with Gasteiger partial charge in [-0.05, 0) is 56.1 Å². The third-order valence-electron chi connectivity index (χ3n) is 5.34. The molecule has 0 spiro atoms. The molecule has 1 saturated heterocycles. The van der Waals surface area contributed by atoms with Crippen LogP contribution in [0, 0.1) is 0 Å². The van der Waals surface area contributed by atoms with Crippen molar-refractivity contribution in [2.45, 2.75) is 38.9 Å². The number of fused-ring (bicyclic) bond motifs is 1. The van der Waals surface area contributed by atoms with E-state index in [9.17, 15) is 4.79 Å². The van der Waals surface area contributed by atoms with Gasteiger partial charge in [-0.15, -0.1) is 0 Å². The molecule has 0 saturated carbocycles. The van der Waals surface area contributed by atoms with E-state index in [0.717, 1.165) is 23.1 Å². The van der Waals surface area contributed by atoms with E-state index in [2.05, 4.69) is 39.5 Å². The first-order valence-electron chi connectivity index (χ1n) is 9.70. The lowest BCUT2D eigenvalue weighted by Gasteiger charge is -2.16. The molecule has 1 amide bonds. The lowest BCUT2D eigenvalue weighted by atomic mass is 10.1. The molecule has 3 aromatic rings. The molecule has 0 aliphatic carbocycles. The van der Waals surface area contributed by atoms with Crippen LogP contribution in [-0.4, -0.2) is 33.4 Å². The second kappa shape index (κ2) is 7.92. The average Bonchev–Trinajstić information content (AvgIpc) is 3.35. The first kappa shape index (κ1) is 17.7. The highest BCUT2D eigenvalue weighted by atomic mass is 16.2. The summed E-state index contributed by atoms with van der Waals surface area (Å²) in [4.78, 5) is 19.5. The van der Waals surface area contributed by atoms with Gasteiger partial charge in [0.15, 0.2) is 0 Å². The third-order valence-corrected chi connectivity index (χ3v) is 5.34. The Bertz CT molecular complexity index is 927. The van der Waals surface area contributed by atoms with Crippen LogP contribution in [0.15, 0.2) is 54.9 Å². The smallest absolute Gasteiger partial charge is 0.243 e. The third kappa shape index (κ3) is 4.03. The maximum atomic E-state index is 12.7. The zero-order valence-corrected chi connectivity index (χ0v) is 15.8. The van der Waals surface area contributed by atoms with Crippen molar-refractivity contribution in [1.82, 2.24) is 19.8 Å².